The number of amides is 1. The monoisotopic (exact) mass is 272 g/mol. The molecule has 2 aliphatic rings. The smallest absolute Gasteiger partial charge is 0.239 e. The second kappa shape index (κ2) is 8.47. The minimum atomic E-state index is -0.207. The van der Waals surface area contributed by atoms with Gasteiger partial charge in [-0.2, -0.15) is 0 Å². The highest BCUT2D eigenvalue weighted by molar-refractivity contribution is 5.81. The molecule has 0 spiro atoms. The maximum Gasteiger partial charge on any atom is 0.239 e. The molecular weight excluding hydrogens is 248 g/mol. The molecule has 6 heteroatoms. The van der Waals surface area contributed by atoms with Crippen LogP contribution in [0.5, 0.6) is 0 Å². The lowest BCUT2D eigenvalue weighted by Crippen LogP contribution is -2.51. The first-order valence-electron chi connectivity index (χ1n) is 7.14. The summed E-state index contributed by atoms with van der Waals surface area (Å²) in [4.78, 5) is 11.7. The summed E-state index contributed by atoms with van der Waals surface area (Å²) in [7, 11) is 0. The fourth-order valence-electron chi connectivity index (χ4n) is 2.23. The van der Waals surface area contributed by atoms with Crippen LogP contribution >= 0.6 is 0 Å². The van der Waals surface area contributed by atoms with Gasteiger partial charge in [0.25, 0.3) is 0 Å². The summed E-state index contributed by atoms with van der Waals surface area (Å²) in [6.45, 7) is 4.72. The summed E-state index contributed by atoms with van der Waals surface area (Å²) in [5.74, 6) is 0.0128. The molecule has 2 fully saturated rings. The van der Waals surface area contributed by atoms with Crippen LogP contribution in [0, 0.1) is 0 Å². The van der Waals surface area contributed by atoms with Gasteiger partial charge in [-0.15, -0.1) is 0 Å². The number of rotatable bonds is 7. The Morgan fingerprint density at radius 2 is 2.37 bits per heavy atom. The number of carbonyl (C=O) groups is 1. The number of nitrogens with one attached hydrogen (secondary N) is 2. The Morgan fingerprint density at radius 3 is 3.11 bits per heavy atom. The van der Waals surface area contributed by atoms with E-state index in [0.29, 0.717) is 33.0 Å². The molecule has 0 aromatic heterocycles. The molecule has 0 aromatic rings. The van der Waals surface area contributed by atoms with Crippen LogP contribution in [0.1, 0.15) is 19.3 Å². The maximum absolute atomic E-state index is 11.7. The molecule has 0 aliphatic carbocycles. The second-order valence-corrected chi connectivity index (χ2v) is 4.94. The fraction of sp³-hybridized carbons (Fsp3) is 0.923. The highest BCUT2D eigenvalue weighted by Gasteiger charge is 2.20. The zero-order chi connectivity index (χ0) is 13.3. The van der Waals surface area contributed by atoms with E-state index in [1.165, 1.54) is 0 Å². The minimum Gasteiger partial charge on any atom is -0.379 e. The number of carbonyl (C=O) groups excluding carboxylic acids is 1. The zero-order valence-electron chi connectivity index (χ0n) is 11.4. The quantitative estimate of drug-likeness (QED) is 0.622. The molecule has 19 heavy (non-hydrogen) atoms. The van der Waals surface area contributed by atoms with Gasteiger partial charge < -0.3 is 24.8 Å². The average molecular weight is 272 g/mol. The number of morpholine rings is 1. The number of hydrogen-bond acceptors (Lipinski definition) is 5. The Labute approximate surface area is 114 Å². The lowest BCUT2D eigenvalue weighted by molar-refractivity contribution is -0.125. The van der Waals surface area contributed by atoms with E-state index in [-0.39, 0.29) is 18.1 Å². The van der Waals surface area contributed by atoms with Crippen molar-refractivity contribution in [1.82, 2.24) is 10.6 Å². The largest absolute Gasteiger partial charge is 0.379 e. The first kappa shape index (κ1) is 14.7. The maximum atomic E-state index is 11.7. The highest BCUT2D eigenvalue weighted by Crippen LogP contribution is 2.11. The van der Waals surface area contributed by atoms with E-state index >= 15 is 0 Å². The Hall–Kier alpha value is -0.690. The van der Waals surface area contributed by atoms with Crippen LogP contribution in [0.15, 0.2) is 0 Å². The second-order valence-electron chi connectivity index (χ2n) is 4.94. The summed E-state index contributed by atoms with van der Waals surface area (Å²) in [5, 5.41) is 6.01. The Bertz CT molecular complexity index is 263. The van der Waals surface area contributed by atoms with Crippen LogP contribution in [-0.2, 0) is 19.0 Å². The van der Waals surface area contributed by atoms with Crippen molar-refractivity contribution in [2.75, 3.05) is 46.1 Å². The predicted molar refractivity (Wildman–Crippen MR) is 70.0 cm³/mol. The van der Waals surface area contributed by atoms with Gasteiger partial charge in [-0.3, -0.25) is 4.79 Å². The first-order valence-corrected chi connectivity index (χ1v) is 7.14. The van der Waals surface area contributed by atoms with E-state index in [1.54, 1.807) is 0 Å². The average Bonchev–Trinajstić information content (AvgIpc) is 2.96. The Morgan fingerprint density at radius 1 is 1.42 bits per heavy atom. The van der Waals surface area contributed by atoms with Crippen molar-refractivity contribution in [3.63, 3.8) is 0 Å². The third-order valence-corrected chi connectivity index (χ3v) is 3.33. The van der Waals surface area contributed by atoms with Crippen LogP contribution in [-0.4, -0.2) is 64.2 Å². The molecule has 0 bridgehead atoms. The van der Waals surface area contributed by atoms with Crippen LogP contribution < -0.4 is 10.6 Å². The van der Waals surface area contributed by atoms with Crippen LogP contribution in [0.4, 0.5) is 0 Å². The summed E-state index contributed by atoms with van der Waals surface area (Å²) in [5.41, 5.74) is 0. The Balaban J connectivity index is 1.43. The molecule has 0 radical (unpaired) electrons. The molecule has 2 unspecified atom stereocenters. The molecule has 0 aromatic carbocycles. The van der Waals surface area contributed by atoms with Gasteiger partial charge >= 0.3 is 0 Å². The molecule has 0 saturated carbocycles. The van der Waals surface area contributed by atoms with Crippen LogP contribution in [0.3, 0.4) is 0 Å². The van der Waals surface area contributed by atoms with Crippen molar-refractivity contribution in [3.05, 3.63) is 0 Å². The van der Waals surface area contributed by atoms with Crippen LogP contribution in [0.2, 0.25) is 0 Å². The van der Waals surface area contributed by atoms with Gasteiger partial charge in [0.2, 0.25) is 5.91 Å². The fourth-order valence-corrected chi connectivity index (χ4v) is 2.23. The van der Waals surface area contributed by atoms with E-state index in [4.69, 9.17) is 14.2 Å². The lowest BCUT2D eigenvalue weighted by Gasteiger charge is -2.22. The molecule has 2 atom stereocenters. The van der Waals surface area contributed by atoms with Gasteiger partial charge in [0.1, 0.15) is 6.04 Å². The van der Waals surface area contributed by atoms with Gasteiger partial charge in [0, 0.05) is 26.3 Å². The van der Waals surface area contributed by atoms with Crippen molar-refractivity contribution in [3.8, 4) is 0 Å². The van der Waals surface area contributed by atoms with Crippen molar-refractivity contribution < 1.29 is 19.0 Å². The van der Waals surface area contributed by atoms with Crippen molar-refractivity contribution >= 4 is 5.91 Å². The summed E-state index contributed by atoms with van der Waals surface area (Å²) < 4.78 is 16.2. The van der Waals surface area contributed by atoms with Crippen molar-refractivity contribution in [2.45, 2.75) is 31.4 Å². The zero-order valence-corrected chi connectivity index (χ0v) is 11.4. The van der Waals surface area contributed by atoms with Crippen molar-refractivity contribution in [1.29, 1.82) is 0 Å². The van der Waals surface area contributed by atoms with E-state index in [0.717, 1.165) is 32.4 Å². The predicted octanol–water partition coefficient (Wildman–Crippen LogP) is -0.323. The Kier molecular flexibility index (Phi) is 6.56. The van der Waals surface area contributed by atoms with Gasteiger partial charge in [-0.1, -0.05) is 0 Å². The molecule has 1 amide bonds. The highest BCUT2D eigenvalue weighted by atomic mass is 16.5. The molecule has 110 valence electrons. The SMILES string of the molecule is O=C(NCCCOCC1CCCO1)C1COCCN1. The summed E-state index contributed by atoms with van der Waals surface area (Å²) in [6.07, 6.45) is 3.34. The molecule has 2 N–H and O–H groups in total. The van der Waals surface area contributed by atoms with E-state index in [9.17, 15) is 4.79 Å². The van der Waals surface area contributed by atoms with Gasteiger partial charge in [0.05, 0.1) is 25.9 Å². The van der Waals surface area contributed by atoms with Crippen molar-refractivity contribution in [2.24, 2.45) is 0 Å². The van der Waals surface area contributed by atoms with Crippen LogP contribution in [0.25, 0.3) is 0 Å². The summed E-state index contributed by atoms with van der Waals surface area (Å²) in [6, 6.07) is -0.207. The molecule has 2 heterocycles. The first-order chi connectivity index (χ1) is 9.36. The molecular formula is C13H24N2O4. The number of hydrogen-bond donors (Lipinski definition) is 2. The standard InChI is InChI=1S/C13H24N2O4/c16-13(12-10-18-8-5-14-12)15-4-2-6-17-9-11-3-1-7-19-11/h11-12,14H,1-10H2,(H,15,16). The molecule has 2 saturated heterocycles. The molecule has 2 aliphatic heterocycles. The minimum absolute atomic E-state index is 0.0128. The lowest BCUT2D eigenvalue weighted by atomic mass is 10.2. The van der Waals surface area contributed by atoms with E-state index in [2.05, 4.69) is 10.6 Å². The third kappa shape index (κ3) is 5.44. The molecule has 2 rings (SSSR count). The number of ether oxygens (including phenoxy) is 3. The normalized spacial score (nSPS) is 27.4. The van der Waals surface area contributed by atoms with Gasteiger partial charge in [-0.05, 0) is 19.3 Å². The molecule has 6 nitrogen and oxygen atoms in total. The third-order valence-electron chi connectivity index (χ3n) is 3.33. The van der Waals surface area contributed by atoms with Gasteiger partial charge in [-0.25, -0.2) is 0 Å². The van der Waals surface area contributed by atoms with E-state index < -0.39 is 0 Å². The topological polar surface area (TPSA) is 68.8 Å². The summed E-state index contributed by atoms with van der Waals surface area (Å²) >= 11 is 0. The van der Waals surface area contributed by atoms with Gasteiger partial charge in [0.15, 0.2) is 0 Å². The van der Waals surface area contributed by atoms with E-state index in [1.807, 2.05) is 0 Å².